The summed E-state index contributed by atoms with van der Waals surface area (Å²) in [6, 6.07) is 1.60. The molecular formula is C8H7BrN2O4. The van der Waals surface area contributed by atoms with Crippen molar-refractivity contribution in [2.75, 3.05) is 0 Å². The fourth-order valence-corrected chi connectivity index (χ4v) is 1.35. The van der Waals surface area contributed by atoms with Crippen LogP contribution in [0.25, 0.3) is 0 Å². The van der Waals surface area contributed by atoms with Crippen molar-refractivity contribution in [3.63, 3.8) is 0 Å². The van der Waals surface area contributed by atoms with Gasteiger partial charge in [-0.15, -0.1) is 0 Å². The van der Waals surface area contributed by atoms with Crippen LogP contribution in [0.15, 0.2) is 22.9 Å². The topological polar surface area (TPSA) is 90.7 Å². The van der Waals surface area contributed by atoms with Gasteiger partial charge >= 0.3 is 12.2 Å². The molecule has 6 nitrogen and oxygen atoms in total. The minimum atomic E-state index is -1.51. The van der Waals surface area contributed by atoms with Crippen LogP contribution >= 0.6 is 15.9 Å². The lowest BCUT2D eigenvalue weighted by Gasteiger charge is -2.12. The quantitative estimate of drug-likeness (QED) is 0.861. The molecule has 2 N–H and O–H groups in total. The summed E-state index contributed by atoms with van der Waals surface area (Å²) < 4.78 is 0.663. The lowest BCUT2D eigenvalue weighted by molar-refractivity contribution is 0.120. The molecule has 0 aromatic carbocycles. The Hall–Kier alpha value is -1.63. The van der Waals surface area contributed by atoms with E-state index >= 15 is 0 Å². The van der Waals surface area contributed by atoms with Gasteiger partial charge < -0.3 is 10.2 Å². The van der Waals surface area contributed by atoms with Crippen LogP contribution in [-0.4, -0.2) is 32.3 Å². The van der Waals surface area contributed by atoms with Crippen molar-refractivity contribution in [2.45, 2.75) is 6.54 Å². The number of nitrogens with zero attached hydrogens (tertiary/aromatic N) is 2. The number of hydrogen-bond acceptors (Lipinski definition) is 3. The molecular weight excluding hydrogens is 268 g/mol. The Bertz CT molecular complexity index is 382. The molecule has 1 aromatic rings. The highest BCUT2D eigenvalue weighted by molar-refractivity contribution is 9.10. The van der Waals surface area contributed by atoms with Crippen LogP contribution < -0.4 is 0 Å². The predicted octanol–water partition coefficient (Wildman–Crippen LogP) is 2.00. The number of carboxylic acid groups (broad SMARTS) is 2. The minimum Gasteiger partial charge on any atom is -0.465 e. The molecule has 0 saturated heterocycles. The summed E-state index contributed by atoms with van der Waals surface area (Å²) in [6.07, 6.45) is -0.0936. The van der Waals surface area contributed by atoms with Gasteiger partial charge in [-0.3, -0.25) is 4.98 Å². The van der Waals surface area contributed by atoms with Gasteiger partial charge in [0.25, 0.3) is 0 Å². The Labute approximate surface area is 93.3 Å². The number of halogens is 1. The molecule has 7 heteroatoms. The summed E-state index contributed by atoms with van der Waals surface area (Å²) in [7, 11) is 0. The SMILES string of the molecule is O=C(O)N(Cc1cncc(Br)c1)C(=O)O. The van der Waals surface area contributed by atoms with Gasteiger partial charge in [-0.25, -0.2) is 14.5 Å². The molecule has 0 unspecified atom stereocenters. The second-order valence-corrected chi connectivity index (χ2v) is 3.58. The van der Waals surface area contributed by atoms with E-state index in [1.165, 1.54) is 12.4 Å². The molecule has 0 saturated carbocycles. The van der Waals surface area contributed by atoms with E-state index in [9.17, 15) is 9.59 Å². The van der Waals surface area contributed by atoms with E-state index in [0.717, 1.165) is 0 Å². The summed E-state index contributed by atoms with van der Waals surface area (Å²) >= 11 is 3.15. The number of hydrogen-bond donors (Lipinski definition) is 2. The fraction of sp³-hybridized carbons (Fsp3) is 0.125. The Morgan fingerprint density at radius 2 is 1.93 bits per heavy atom. The van der Waals surface area contributed by atoms with Crippen LogP contribution in [0.4, 0.5) is 9.59 Å². The minimum absolute atomic E-state index is 0.239. The molecule has 0 bridgehead atoms. The number of imide groups is 1. The highest BCUT2D eigenvalue weighted by Crippen LogP contribution is 2.11. The van der Waals surface area contributed by atoms with Gasteiger partial charge in [0.2, 0.25) is 0 Å². The van der Waals surface area contributed by atoms with E-state index in [1.54, 1.807) is 6.07 Å². The largest absolute Gasteiger partial charge is 0.465 e. The van der Waals surface area contributed by atoms with Crippen molar-refractivity contribution >= 4 is 28.1 Å². The smallest absolute Gasteiger partial charge is 0.417 e. The van der Waals surface area contributed by atoms with Gasteiger partial charge in [-0.05, 0) is 27.6 Å². The highest BCUT2D eigenvalue weighted by Gasteiger charge is 2.19. The average molecular weight is 275 g/mol. The molecule has 0 aliphatic rings. The van der Waals surface area contributed by atoms with Crippen molar-refractivity contribution < 1.29 is 19.8 Å². The zero-order valence-electron chi connectivity index (χ0n) is 7.42. The van der Waals surface area contributed by atoms with E-state index in [0.29, 0.717) is 10.0 Å². The number of carbonyl (C=O) groups is 2. The van der Waals surface area contributed by atoms with Crippen molar-refractivity contribution in [1.29, 1.82) is 0 Å². The van der Waals surface area contributed by atoms with Gasteiger partial charge in [0, 0.05) is 16.9 Å². The molecule has 15 heavy (non-hydrogen) atoms. The van der Waals surface area contributed by atoms with Crippen molar-refractivity contribution in [3.8, 4) is 0 Å². The second-order valence-electron chi connectivity index (χ2n) is 2.66. The van der Waals surface area contributed by atoms with E-state index in [2.05, 4.69) is 20.9 Å². The highest BCUT2D eigenvalue weighted by atomic mass is 79.9. The maximum absolute atomic E-state index is 10.5. The first kappa shape index (κ1) is 11.4. The number of aromatic nitrogens is 1. The lowest BCUT2D eigenvalue weighted by atomic mass is 10.3. The Morgan fingerprint density at radius 1 is 1.33 bits per heavy atom. The van der Waals surface area contributed by atoms with Crippen LogP contribution in [0.2, 0.25) is 0 Å². The first-order valence-corrected chi connectivity index (χ1v) is 4.63. The molecule has 0 spiro atoms. The first-order valence-electron chi connectivity index (χ1n) is 3.83. The summed E-state index contributed by atoms with van der Waals surface area (Å²) in [5.41, 5.74) is 0.495. The van der Waals surface area contributed by atoms with Crippen LogP contribution in [0.3, 0.4) is 0 Å². The van der Waals surface area contributed by atoms with Crippen LogP contribution in [-0.2, 0) is 6.54 Å². The number of pyridine rings is 1. The lowest BCUT2D eigenvalue weighted by Crippen LogP contribution is -2.33. The van der Waals surface area contributed by atoms with Gasteiger partial charge in [0.05, 0.1) is 6.54 Å². The van der Waals surface area contributed by atoms with Gasteiger partial charge in [0.15, 0.2) is 0 Å². The monoisotopic (exact) mass is 274 g/mol. The average Bonchev–Trinajstić information content (AvgIpc) is 2.13. The van der Waals surface area contributed by atoms with E-state index in [4.69, 9.17) is 10.2 Å². The van der Waals surface area contributed by atoms with Crippen LogP contribution in [0, 0.1) is 0 Å². The van der Waals surface area contributed by atoms with Crippen LogP contribution in [0.5, 0.6) is 0 Å². The first-order chi connectivity index (χ1) is 7.00. The van der Waals surface area contributed by atoms with Gasteiger partial charge in [-0.2, -0.15) is 0 Å². The molecule has 0 atom stereocenters. The third-order valence-corrected chi connectivity index (χ3v) is 2.00. The summed E-state index contributed by atoms with van der Waals surface area (Å²) in [4.78, 5) is 25.2. The second kappa shape index (κ2) is 4.74. The molecule has 1 heterocycles. The van der Waals surface area contributed by atoms with Crippen LogP contribution in [0.1, 0.15) is 5.56 Å². The number of amides is 2. The van der Waals surface area contributed by atoms with Crippen molar-refractivity contribution in [2.24, 2.45) is 0 Å². The molecule has 80 valence electrons. The van der Waals surface area contributed by atoms with Crippen molar-refractivity contribution in [3.05, 3.63) is 28.5 Å². The third-order valence-electron chi connectivity index (χ3n) is 1.56. The number of rotatable bonds is 2. The Morgan fingerprint density at radius 3 is 2.40 bits per heavy atom. The summed E-state index contributed by atoms with van der Waals surface area (Å²) in [6.45, 7) is -0.239. The fourth-order valence-electron chi connectivity index (χ4n) is 0.942. The summed E-state index contributed by atoms with van der Waals surface area (Å²) in [5, 5.41) is 17.2. The standard InChI is InChI=1S/C8H7BrN2O4/c9-6-1-5(2-10-3-6)4-11(7(12)13)8(14)15/h1-3H,4H2,(H,12,13)(H,14,15). The molecule has 2 amide bonds. The van der Waals surface area contributed by atoms with Gasteiger partial charge in [0.1, 0.15) is 0 Å². The molecule has 0 aliphatic heterocycles. The maximum atomic E-state index is 10.5. The Kier molecular flexibility index (Phi) is 3.62. The maximum Gasteiger partial charge on any atom is 0.417 e. The molecule has 1 aromatic heterocycles. The van der Waals surface area contributed by atoms with E-state index in [-0.39, 0.29) is 11.4 Å². The Balaban J connectivity index is 2.83. The molecule has 0 fully saturated rings. The summed E-state index contributed by atoms with van der Waals surface area (Å²) in [5.74, 6) is 0. The zero-order valence-corrected chi connectivity index (χ0v) is 9.01. The van der Waals surface area contributed by atoms with Crippen molar-refractivity contribution in [1.82, 2.24) is 9.88 Å². The van der Waals surface area contributed by atoms with Gasteiger partial charge in [-0.1, -0.05) is 0 Å². The molecule has 0 radical (unpaired) electrons. The molecule has 0 aliphatic carbocycles. The van der Waals surface area contributed by atoms with E-state index in [1.807, 2.05) is 0 Å². The molecule has 1 rings (SSSR count). The third kappa shape index (κ3) is 3.21. The van der Waals surface area contributed by atoms with E-state index < -0.39 is 12.2 Å². The normalized spacial score (nSPS) is 9.67. The predicted molar refractivity (Wildman–Crippen MR) is 53.5 cm³/mol. The zero-order chi connectivity index (χ0) is 11.4.